The van der Waals surface area contributed by atoms with Gasteiger partial charge in [0.25, 0.3) is 0 Å². The third-order valence-corrected chi connectivity index (χ3v) is 5.95. The average Bonchev–Trinajstić information content (AvgIpc) is 2.92. The van der Waals surface area contributed by atoms with Crippen LogP contribution in [0.2, 0.25) is 0 Å². The Bertz CT molecular complexity index is 428. The molecule has 0 aromatic rings. The number of nitrogens with one attached hydrogen (secondary N) is 1. The first-order valence-corrected chi connectivity index (χ1v) is 7.85. The summed E-state index contributed by atoms with van der Waals surface area (Å²) in [5.41, 5.74) is 0. The summed E-state index contributed by atoms with van der Waals surface area (Å²) < 4.78 is 36.4. The summed E-state index contributed by atoms with van der Waals surface area (Å²) in [6.07, 6.45) is -1.85. The molecule has 2 bridgehead atoms. The van der Waals surface area contributed by atoms with E-state index in [4.69, 9.17) is 0 Å². The first kappa shape index (κ1) is 14.5. The van der Waals surface area contributed by atoms with E-state index in [-0.39, 0.29) is 0 Å². The zero-order valence-electron chi connectivity index (χ0n) is 11.3. The first-order valence-electron chi connectivity index (χ1n) is 7.03. The van der Waals surface area contributed by atoms with Gasteiger partial charge in [-0.2, -0.15) is 13.2 Å². The van der Waals surface area contributed by atoms with Gasteiger partial charge in [0.05, 0.1) is 11.2 Å². The van der Waals surface area contributed by atoms with Gasteiger partial charge in [-0.25, -0.2) is 4.99 Å². The molecule has 0 amide bonds. The molecule has 0 radical (unpaired) electrons. The predicted octanol–water partition coefficient (Wildman–Crippen LogP) is 2.90. The van der Waals surface area contributed by atoms with Crippen LogP contribution in [0.5, 0.6) is 0 Å². The number of nitrogens with zero attached hydrogens (tertiary/aromatic N) is 1. The van der Waals surface area contributed by atoms with E-state index in [1.165, 1.54) is 26.2 Å². The summed E-state index contributed by atoms with van der Waals surface area (Å²) >= 11 is 1.03. The van der Waals surface area contributed by atoms with Crippen molar-refractivity contribution in [1.82, 2.24) is 5.32 Å². The number of hydrogen-bond acceptors (Lipinski definition) is 4. The molecule has 2 N–H and O–H groups in total. The van der Waals surface area contributed by atoms with Gasteiger partial charge in [0, 0.05) is 6.04 Å². The monoisotopic (exact) mass is 308 g/mol. The molecule has 1 heterocycles. The van der Waals surface area contributed by atoms with Gasteiger partial charge in [-0.15, -0.1) is 0 Å². The lowest BCUT2D eigenvalue weighted by Crippen LogP contribution is -2.38. The number of hydrogen-bond donors (Lipinski definition) is 2. The molecule has 0 saturated heterocycles. The fourth-order valence-electron chi connectivity index (χ4n) is 3.72. The second-order valence-electron chi connectivity index (χ2n) is 6.44. The van der Waals surface area contributed by atoms with Gasteiger partial charge in [0.2, 0.25) is 0 Å². The molecule has 3 aliphatic rings. The fraction of sp³-hybridized carbons (Fsp3) is 0.923. The van der Waals surface area contributed by atoms with E-state index >= 15 is 0 Å². The average molecular weight is 308 g/mol. The van der Waals surface area contributed by atoms with Crippen molar-refractivity contribution < 1.29 is 18.3 Å². The number of aliphatic imine (C=N–C) groups is 1. The van der Waals surface area contributed by atoms with Crippen LogP contribution in [-0.4, -0.2) is 33.5 Å². The van der Waals surface area contributed by atoms with E-state index in [0.717, 1.165) is 24.1 Å². The standard InChI is InChI=1S/C13H19F3N2OS/c1-12(6-13(14,15)16)10(19)18-11(20-12)17-9-5-7-2-3-8(9)4-7/h7-10,19H,2-6H2,1H3,(H,17,18)/t7?,8-,9-,10?,12?/m1/s1. The van der Waals surface area contributed by atoms with Crippen molar-refractivity contribution in [2.45, 2.75) is 62.2 Å². The zero-order chi connectivity index (χ0) is 14.5. The highest BCUT2D eigenvalue weighted by atomic mass is 32.2. The van der Waals surface area contributed by atoms with Gasteiger partial charge < -0.3 is 10.4 Å². The molecule has 0 aromatic carbocycles. The van der Waals surface area contributed by atoms with Crippen LogP contribution in [0, 0.1) is 11.8 Å². The van der Waals surface area contributed by atoms with Crippen LogP contribution >= 0.6 is 11.8 Å². The second kappa shape index (κ2) is 4.80. The lowest BCUT2D eigenvalue weighted by molar-refractivity contribution is -0.145. The molecule has 0 spiro atoms. The maximum atomic E-state index is 12.6. The molecule has 114 valence electrons. The smallest absolute Gasteiger partial charge is 0.370 e. The lowest BCUT2D eigenvalue weighted by atomic mass is 9.96. The molecule has 3 rings (SSSR count). The van der Waals surface area contributed by atoms with E-state index in [1.807, 2.05) is 0 Å². The fourth-order valence-corrected chi connectivity index (χ4v) is 4.92. The molecule has 2 saturated carbocycles. The van der Waals surface area contributed by atoms with Crippen molar-refractivity contribution in [3.63, 3.8) is 0 Å². The quantitative estimate of drug-likeness (QED) is 0.824. The van der Waals surface area contributed by atoms with E-state index in [1.54, 1.807) is 0 Å². The third-order valence-electron chi connectivity index (χ3n) is 4.71. The number of fused-ring (bicyclic) bond motifs is 2. The summed E-state index contributed by atoms with van der Waals surface area (Å²) in [5, 5.41) is 13.6. The van der Waals surface area contributed by atoms with E-state index in [9.17, 15) is 18.3 Å². The maximum Gasteiger partial charge on any atom is 0.390 e. The third kappa shape index (κ3) is 2.79. The highest BCUT2D eigenvalue weighted by Crippen LogP contribution is 2.47. The van der Waals surface area contributed by atoms with E-state index < -0.39 is 23.6 Å². The summed E-state index contributed by atoms with van der Waals surface area (Å²) in [6, 6.07) is 0.320. The Kier molecular flexibility index (Phi) is 3.48. The summed E-state index contributed by atoms with van der Waals surface area (Å²) in [7, 11) is 0. The Morgan fingerprint density at radius 3 is 2.70 bits per heavy atom. The topological polar surface area (TPSA) is 44.6 Å². The van der Waals surface area contributed by atoms with E-state index in [2.05, 4.69) is 10.3 Å². The Morgan fingerprint density at radius 2 is 2.15 bits per heavy atom. The normalized spacial score (nSPS) is 44.0. The largest absolute Gasteiger partial charge is 0.390 e. The second-order valence-corrected chi connectivity index (χ2v) is 7.96. The SMILES string of the molecule is CC1(CC(F)(F)F)SC(N[C@@H]2CC3CC[C@@H]2C3)=NC1O. The minimum Gasteiger partial charge on any atom is -0.370 e. The van der Waals surface area contributed by atoms with Crippen molar-refractivity contribution in [3.05, 3.63) is 0 Å². The van der Waals surface area contributed by atoms with E-state index in [0.29, 0.717) is 17.1 Å². The van der Waals surface area contributed by atoms with Crippen molar-refractivity contribution >= 4 is 16.9 Å². The first-order chi connectivity index (χ1) is 9.25. The number of amidine groups is 1. The predicted molar refractivity (Wildman–Crippen MR) is 72.5 cm³/mol. The van der Waals surface area contributed by atoms with Gasteiger partial charge >= 0.3 is 6.18 Å². The summed E-state index contributed by atoms with van der Waals surface area (Å²) in [5.74, 6) is 1.38. The Hall–Kier alpha value is -0.430. The number of rotatable bonds is 2. The molecule has 0 aromatic heterocycles. The van der Waals surface area contributed by atoms with Crippen molar-refractivity contribution in [2.75, 3.05) is 0 Å². The van der Waals surface area contributed by atoms with Crippen LogP contribution in [0.3, 0.4) is 0 Å². The molecular formula is C13H19F3N2OS. The molecule has 2 aliphatic carbocycles. The highest BCUT2D eigenvalue weighted by molar-refractivity contribution is 8.15. The van der Waals surface area contributed by atoms with Gasteiger partial charge in [-0.05, 0) is 38.0 Å². The van der Waals surface area contributed by atoms with Gasteiger partial charge in [-0.1, -0.05) is 18.2 Å². The molecule has 1 aliphatic heterocycles. The van der Waals surface area contributed by atoms with Crippen LogP contribution in [0.15, 0.2) is 4.99 Å². The van der Waals surface area contributed by atoms with Crippen LogP contribution in [0.4, 0.5) is 13.2 Å². The molecule has 3 unspecified atom stereocenters. The zero-order valence-corrected chi connectivity index (χ0v) is 12.1. The van der Waals surface area contributed by atoms with Gasteiger partial charge in [-0.3, -0.25) is 0 Å². The number of alkyl halides is 3. The summed E-state index contributed by atoms with van der Waals surface area (Å²) in [4.78, 5) is 4.00. The van der Waals surface area contributed by atoms with Crippen LogP contribution in [0.1, 0.15) is 39.0 Å². The number of halogens is 3. The van der Waals surface area contributed by atoms with Gasteiger partial charge in [0.1, 0.15) is 0 Å². The van der Waals surface area contributed by atoms with Crippen molar-refractivity contribution in [1.29, 1.82) is 0 Å². The molecule has 7 heteroatoms. The minimum absolute atomic E-state index is 0.320. The Balaban J connectivity index is 1.61. The Labute approximate surface area is 120 Å². The Morgan fingerprint density at radius 1 is 1.40 bits per heavy atom. The molecular weight excluding hydrogens is 289 g/mol. The number of thioether (sulfide) groups is 1. The molecule has 3 nitrogen and oxygen atoms in total. The highest BCUT2D eigenvalue weighted by Gasteiger charge is 2.49. The molecule has 20 heavy (non-hydrogen) atoms. The molecule has 5 atom stereocenters. The maximum absolute atomic E-state index is 12.6. The van der Waals surface area contributed by atoms with Crippen LogP contribution in [0.25, 0.3) is 0 Å². The van der Waals surface area contributed by atoms with Crippen LogP contribution < -0.4 is 5.32 Å². The number of aliphatic hydroxyl groups is 1. The number of aliphatic hydroxyl groups excluding tert-OH is 1. The molecule has 2 fully saturated rings. The van der Waals surface area contributed by atoms with Crippen molar-refractivity contribution in [2.24, 2.45) is 16.8 Å². The minimum atomic E-state index is -4.29. The summed E-state index contributed by atoms with van der Waals surface area (Å²) in [6.45, 7) is 1.43. The lowest BCUT2D eigenvalue weighted by Gasteiger charge is -2.27. The van der Waals surface area contributed by atoms with Crippen LogP contribution in [-0.2, 0) is 0 Å². The van der Waals surface area contributed by atoms with Gasteiger partial charge in [0.15, 0.2) is 11.4 Å². The van der Waals surface area contributed by atoms with Crippen molar-refractivity contribution in [3.8, 4) is 0 Å².